The molecule has 1 N–H and O–H groups in total. The molecule has 0 saturated carbocycles. The first-order valence-corrected chi connectivity index (χ1v) is 11.4. The summed E-state index contributed by atoms with van der Waals surface area (Å²) in [5.41, 5.74) is 3.97. The van der Waals surface area contributed by atoms with E-state index in [0.29, 0.717) is 13.0 Å². The summed E-state index contributed by atoms with van der Waals surface area (Å²) in [6.45, 7) is 2.21. The predicted octanol–water partition coefficient (Wildman–Crippen LogP) is 4.35. The number of carbonyl (C=O) groups is 1. The van der Waals surface area contributed by atoms with Gasteiger partial charge in [-0.1, -0.05) is 6.07 Å². The third-order valence-corrected chi connectivity index (χ3v) is 6.81. The van der Waals surface area contributed by atoms with E-state index in [4.69, 9.17) is 9.47 Å². The molecule has 0 spiro atoms. The van der Waals surface area contributed by atoms with E-state index in [1.807, 2.05) is 30.3 Å². The largest absolute Gasteiger partial charge is 0.497 e. The highest BCUT2D eigenvalue weighted by atomic mass is 19.1. The molecule has 0 aliphatic carbocycles. The first-order valence-electron chi connectivity index (χ1n) is 11.4. The number of carbonyl (C=O) groups excluding carboxylic acids is 1. The van der Waals surface area contributed by atoms with E-state index >= 15 is 0 Å². The summed E-state index contributed by atoms with van der Waals surface area (Å²) >= 11 is 0. The Labute approximate surface area is 198 Å². The molecule has 1 saturated heterocycles. The lowest BCUT2D eigenvalue weighted by Gasteiger charge is -2.49. The summed E-state index contributed by atoms with van der Waals surface area (Å²) in [6.07, 6.45) is 0.639. The molecule has 3 aromatic rings. The molecule has 5 rings (SSSR count). The molecule has 2 atom stereocenters. The summed E-state index contributed by atoms with van der Waals surface area (Å²) in [4.78, 5) is 18.1. The summed E-state index contributed by atoms with van der Waals surface area (Å²) < 4.78 is 24.2. The third kappa shape index (κ3) is 4.25. The standard InChI is InChI=1S/C27H28FN3O3/c1-33-22-11-6-20(7-12-22)29-27(32)24-15-18-3-10-23(34-2)16-25(18)31-14-13-30(17-26(24)31)21-8-4-19(28)5-9-21/h3-12,16,24,26H,13-15,17H2,1-2H3,(H,29,32)/t24-,26-/m1/s1. The van der Waals surface area contributed by atoms with E-state index in [-0.39, 0.29) is 23.7 Å². The predicted molar refractivity (Wildman–Crippen MR) is 132 cm³/mol. The van der Waals surface area contributed by atoms with Gasteiger partial charge in [-0.05, 0) is 66.6 Å². The van der Waals surface area contributed by atoms with E-state index in [1.165, 1.54) is 12.1 Å². The van der Waals surface area contributed by atoms with Crippen LogP contribution in [0.5, 0.6) is 11.5 Å². The van der Waals surface area contributed by atoms with Gasteiger partial charge in [0.15, 0.2) is 0 Å². The number of halogens is 1. The highest BCUT2D eigenvalue weighted by Crippen LogP contribution is 2.39. The molecule has 0 radical (unpaired) electrons. The zero-order valence-corrected chi connectivity index (χ0v) is 19.3. The number of amides is 1. The van der Waals surface area contributed by atoms with Crippen molar-refractivity contribution >= 4 is 23.0 Å². The van der Waals surface area contributed by atoms with Crippen LogP contribution in [-0.4, -0.2) is 45.8 Å². The second kappa shape index (κ2) is 9.25. The monoisotopic (exact) mass is 461 g/mol. The van der Waals surface area contributed by atoms with Crippen molar-refractivity contribution in [3.63, 3.8) is 0 Å². The minimum Gasteiger partial charge on any atom is -0.497 e. The maximum absolute atomic E-state index is 13.5. The minimum atomic E-state index is -0.252. The summed E-state index contributed by atoms with van der Waals surface area (Å²) in [5, 5.41) is 3.10. The van der Waals surface area contributed by atoms with Crippen LogP contribution >= 0.6 is 0 Å². The number of benzene rings is 3. The Morgan fingerprint density at radius 3 is 2.35 bits per heavy atom. The fourth-order valence-electron chi connectivity index (χ4n) is 5.00. The van der Waals surface area contributed by atoms with Crippen LogP contribution in [0.15, 0.2) is 66.7 Å². The molecule has 1 amide bonds. The third-order valence-electron chi connectivity index (χ3n) is 6.81. The van der Waals surface area contributed by atoms with Crippen LogP contribution in [0, 0.1) is 11.7 Å². The molecule has 1 fully saturated rings. The van der Waals surface area contributed by atoms with E-state index in [1.54, 1.807) is 26.4 Å². The SMILES string of the molecule is COc1ccc(NC(=O)[C@@H]2Cc3ccc(OC)cc3N3CCN(c4ccc(F)cc4)C[C@H]23)cc1. The van der Waals surface area contributed by atoms with Crippen LogP contribution in [0.25, 0.3) is 0 Å². The Hall–Kier alpha value is -3.74. The molecule has 7 heteroatoms. The van der Waals surface area contributed by atoms with Crippen LogP contribution in [0.1, 0.15) is 5.56 Å². The molecule has 0 unspecified atom stereocenters. The van der Waals surface area contributed by atoms with Crippen molar-refractivity contribution in [2.24, 2.45) is 5.92 Å². The summed E-state index contributed by atoms with van der Waals surface area (Å²) in [5.74, 6) is 1.04. The first-order chi connectivity index (χ1) is 16.6. The normalized spacial score (nSPS) is 19.1. The first kappa shape index (κ1) is 22.1. The number of hydrogen-bond acceptors (Lipinski definition) is 5. The van der Waals surface area contributed by atoms with Crippen LogP contribution in [-0.2, 0) is 11.2 Å². The maximum atomic E-state index is 13.5. The van der Waals surface area contributed by atoms with Crippen molar-refractivity contribution in [3.05, 3.63) is 78.1 Å². The number of nitrogens with zero attached hydrogens (tertiary/aromatic N) is 2. The number of nitrogens with one attached hydrogen (secondary N) is 1. The zero-order valence-electron chi connectivity index (χ0n) is 19.3. The van der Waals surface area contributed by atoms with E-state index < -0.39 is 0 Å². The second-order valence-corrected chi connectivity index (χ2v) is 8.71. The number of methoxy groups -OCH3 is 2. The van der Waals surface area contributed by atoms with Gasteiger partial charge in [-0.2, -0.15) is 0 Å². The Morgan fingerprint density at radius 1 is 0.941 bits per heavy atom. The smallest absolute Gasteiger partial charge is 0.229 e. The fraction of sp³-hybridized carbons (Fsp3) is 0.296. The quantitative estimate of drug-likeness (QED) is 0.612. The van der Waals surface area contributed by atoms with Crippen molar-refractivity contribution in [1.29, 1.82) is 0 Å². The Bertz CT molecular complexity index is 1170. The summed E-state index contributed by atoms with van der Waals surface area (Å²) in [7, 11) is 3.28. The fourth-order valence-corrected chi connectivity index (χ4v) is 5.00. The van der Waals surface area contributed by atoms with Crippen molar-refractivity contribution < 1.29 is 18.7 Å². The maximum Gasteiger partial charge on any atom is 0.229 e. The van der Waals surface area contributed by atoms with E-state index in [0.717, 1.165) is 47.2 Å². The van der Waals surface area contributed by atoms with Crippen LogP contribution in [0.3, 0.4) is 0 Å². The lowest BCUT2D eigenvalue weighted by molar-refractivity contribution is -0.120. The number of rotatable bonds is 5. The molecular formula is C27H28FN3O3. The van der Waals surface area contributed by atoms with Gasteiger partial charge in [-0.3, -0.25) is 4.79 Å². The van der Waals surface area contributed by atoms with Crippen LogP contribution in [0.4, 0.5) is 21.5 Å². The van der Waals surface area contributed by atoms with Gasteiger partial charge in [0, 0.05) is 42.8 Å². The number of piperazine rings is 1. The molecule has 176 valence electrons. The lowest BCUT2D eigenvalue weighted by atomic mass is 9.83. The Balaban J connectivity index is 1.44. The van der Waals surface area contributed by atoms with Gasteiger partial charge in [-0.25, -0.2) is 4.39 Å². The molecule has 2 aliphatic heterocycles. The highest BCUT2D eigenvalue weighted by Gasteiger charge is 2.41. The zero-order chi connectivity index (χ0) is 23.7. The van der Waals surface area contributed by atoms with Gasteiger partial charge in [-0.15, -0.1) is 0 Å². The van der Waals surface area contributed by atoms with Gasteiger partial charge in [0.25, 0.3) is 0 Å². The number of ether oxygens (including phenoxy) is 2. The van der Waals surface area contributed by atoms with Crippen molar-refractivity contribution in [2.45, 2.75) is 12.5 Å². The molecule has 2 heterocycles. The number of anilines is 3. The van der Waals surface area contributed by atoms with E-state index in [2.05, 4.69) is 27.2 Å². The lowest BCUT2D eigenvalue weighted by Crippen LogP contribution is -2.60. The average Bonchev–Trinajstić information content (AvgIpc) is 2.88. The topological polar surface area (TPSA) is 54.0 Å². The van der Waals surface area contributed by atoms with Gasteiger partial charge in [0.2, 0.25) is 5.91 Å². The molecule has 3 aromatic carbocycles. The second-order valence-electron chi connectivity index (χ2n) is 8.71. The number of hydrogen-bond donors (Lipinski definition) is 1. The van der Waals surface area contributed by atoms with Crippen LogP contribution < -0.4 is 24.6 Å². The molecule has 0 aromatic heterocycles. The van der Waals surface area contributed by atoms with Gasteiger partial charge < -0.3 is 24.6 Å². The number of fused-ring (bicyclic) bond motifs is 3. The van der Waals surface area contributed by atoms with Gasteiger partial charge in [0.05, 0.1) is 26.2 Å². The molecular weight excluding hydrogens is 433 g/mol. The van der Waals surface area contributed by atoms with Gasteiger partial charge in [0.1, 0.15) is 17.3 Å². The molecule has 0 bridgehead atoms. The van der Waals surface area contributed by atoms with E-state index in [9.17, 15) is 9.18 Å². The van der Waals surface area contributed by atoms with Crippen molar-refractivity contribution in [1.82, 2.24) is 0 Å². The Kier molecular flexibility index (Phi) is 6.01. The Morgan fingerprint density at radius 2 is 1.65 bits per heavy atom. The molecule has 34 heavy (non-hydrogen) atoms. The molecule has 2 aliphatic rings. The van der Waals surface area contributed by atoms with Gasteiger partial charge >= 0.3 is 0 Å². The molecule has 6 nitrogen and oxygen atoms in total. The highest BCUT2D eigenvalue weighted by molar-refractivity contribution is 5.94. The van der Waals surface area contributed by atoms with Crippen molar-refractivity contribution in [3.8, 4) is 11.5 Å². The van der Waals surface area contributed by atoms with Crippen LogP contribution in [0.2, 0.25) is 0 Å². The summed E-state index contributed by atoms with van der Waals surface area (Å²) in [6, 6.07) is 20.0. The minimum absolute atomic E-state index is 0.0115. The van der Waals surface area contributed by atoms with Crippen molar-refractivity contribution in [2.75, 3.05) is 49.0 Å². The average molecular weight is 462 g/mol.